The Bertz CT molecular complexity index is 787. The summed E-state index contributed by atoms with van der Waals surface area (Å²) in [5, 5.41) is 8.07. The number of nitrogens with zero attached hydrogens (tertiary/aromatic N) is 1. The number of hydrazone groups is 1. The van der Waals surface area contributed by atoms with E-state index in [9.17, 15) is 0 Å². The average molecular weight is 408 g/mol. The molecule has 0 radical (unpaired) electrons. The molecule has 0 atom stereocenters. The fraction of sp³-hybridized carbons (Fsp3) is 0.263. The first-order chi connectivity index (χ1) is 13.1. The van der Waals surface area contributed by atoms with Crippen LogP contribution in [0.25, 0.3) is 0 Å². The molecule has 2 aromatic rings. The number of hydrogen-bond donors (Lipinski definition) is 2. The fourth-order valence-corrected chi connectivity index (χ4v) is 2.50. The topological polar surface area (TPSA) is 64.1 Å². The van der Waals surface area contributed by atoms with Crippen molar-refractivity contribution in [1.82, 2.24) is 10.7 Å². The summed E-state index contributed by atoms with van der Waals surface area (Å²) < 4.78 is 16.7. The molecule has 0 aliphatic carbocycles. The van der Waals surface area contributed by atoms with Crippen LogP contribution in [-0.2, 0) is 0 Å². The molecule has 6 nitrogen and oxygen atoms in total. The van der Waals surface area contributed by atoms with Crippen LogP contribution in [0.1, 0.15) is 12.5 Å². The lowest BCUT2D eigenvalue weighted by Crippen LogP contribution is -2.31. The van der Waals surface area contributed by atoms with Crippen molar-refractivity contribution in [1.29, 1.82) is 0 Å². The van der Waals surface area contributed by atoms with Gasteiger partial charge in [0.05, 0.1) is 18.3 Å². The monoisotopic (exact) mass is 407 g/mol. The first-order valence-corrected chi connectivity index (χ1v) is 9.17. The Morgan fingerprint density at radius 1 is 1.11 bits per heavy atom. The zero-order valence-corrected chi connectivity index (χ0v) is 16.8. The molecule has 0 fully saturated rings. The zero-order valence-electron chi connectivity index (χ0n) is 15.2. The minimum absolute atomic E-state index is 0.355. The van der Waals surface area contributed by atoms with E-state index < -0.39 is 0 Å². The van der Waals surface area contributed by atoms with Gasteiger partial charge in [-0.05, 0) is 55.0 Å². The average Bonchev–Trinajstić information content (AvgIpc) is 2.67. The third-order valence-corrected chi connectivity index (χ3v) is 3.89. The standard InChI is InChI=1S/C19H22ClN3O3S/c1-3-21-19(27)23-22-13-14-8-9-17(18(12-14)24-2)26-11-10-25-16-7-5-4-6-15(16)20/h4-9,12-13H,3,10-11H2,1-2H3,(H2,21,23,27)/b22-13-. The third kappa shape index (κ3) is 6.96. The van der Waals surface area contributed by atoms with Crippen molar-refractivity contribution in [3.05, 3.63) is 53.1 Å². The van der Waals surface area contributed by atoms with Crippen LogP contribution in [0.3, 0.4) is 0 Å². The highest BCUT2D eigenvalue weighted by molar-refractivity contribution is 7.80. The largest absolute Gasteiger partial charge is 0.493 e. The summed E-state index contributed by atoms with van der Waals surface area (Å²) in [6.07, 6.45) is 1.65. The molecule has 0 heterocycles. The van der Waals surface area contributed by atoms with Crippen LogP contribution in [0.5, 0.6) is 17.2 Å². The van der Waals surface area contributed by atoms with Gasteiger partial charge in [-0.3, -0.25) is 5.43 Å². The van der Waals surface area contributed by atoms with Crippen LogP contribution in [0.4, 0.5) is 0 Å². The minimum Gasteiger partial charge on any atom is -0.493 e. The molecule has 0 bridgehead atoms. The first-order valence-electron chi connectivity index (χ1n) is 8.39. The molecule has 0 saturated carbocycles. The highest BCUT2D eigenvalue weighted by Crippen LogP contribution is 2.28. The van der Waals surface area contributed by atoms with Crippen molar-refractivity contribution in [2.24, 2.45) is 5.10 Å². The molecule has 0 unspecified atom stereocenters. The van der Waals surface area contributed by atoms with Gasteiger partial charge in [0.15, 0.2) is 16.6 Å². The molecule has 0 spiro atoms. The maximum Gasteiger partial charge on any atom is 0.186 e. The molecule has 2 rings (SSSR count). The summed E-state index contributed by atoms with van der Waals surface area (Å²) in [4.78, 5) is 0. The Kier molecular flexibility index (Phi) is 8.67. The zero-order chi connectivity index (χ0) is 19.5. The van der Waals surface area contributed by atoms with Crippen molar-refractivity contribution in [2.75, 3.05) is 26.9 Å². The van der Waals surface area contributed by atoms with Crippen LogP contribution in [0.2, 0.25) is 5.02 Å². The second kappa shape index (κ2) is 11.3. The Morgan fingerprint density at radius 3 is 2.56 bits per heavy atom. The van der Waals surface area contributed by atoms with Gasteiger partial charge in [-0.2, -0.15) is 5.10 Å². The van der Waals surface area contributed by atoms with Gasteiger partial charge in [0.2, 0.25) is 0 Å². The van der Waals surface area contributed by atoms with Gasteiger partial charge in [-0.25, -0.2) is 0 Å². The van der Waals surface area contributed by atoms with Crippen molar-refractivity contribution in [2.45, 2.75) is 6.92 Å². The molecule has 2 aromatic carbocycles. The van der Waals surface area contributed by atoms with Gasteiger partial charge >= 0.3 is 0 Å². The summed E-state index contributed by atoms with van der Waals surface area (Å²) in [7, 11) is 1.59. The van der Waals surface area contributed by atoms with E-state index in [0.717, 1.165) is 12.1 Å². The van der Waals surface area contributed by atoms with Crippen molar-refractivity contribution in [3.8, 4) is 17.2 Å². The van der Waals surface area contributed by atoms with Gasteiger partial charge < -0.3 is 19.5 Å². The first kappa shape index (κ1) is 20.8. The van der Waals surface area contributed by atoms with E-state index in [1.54, 1.807) is 19.4 Å². The van der Waals surface area contributed by atoms with Crippen LogP contribution in [0.15, 0.2) is 47.6 Å². The summed E-state index contributed by atoms with van der Waals surface area (Å²) in [6.45, 7) is 3.41. The second-order valence-corrected chi connectivity index (χ2v) is 6.08. The van der Waals surface area contributed by atoms with E-state index in [1.165, 1.54) is 0 Å². The molecule has 0 aliphatic rings. The minimum atomic E-state index is 0.355. The number of nitrogens with one attached hydrogen (secondary N) is 2. The summed E-state index contributed by atoms with van der Waals surface area (Å²) in [5.41, 5.74) is 3.58. The van der Waals surface area contributed by atoms with E-state index >= 15 is 0 Å². The number of thiocarbonyl (C=S) groups is 1. The number of methoxy groups -OCH3 is 1. The summed E-state index contributed by atoms with van der Waals surface area (Å²) >= 11 is 11.1. The molecule has 0 saturated heterocycles. The second-order valence-electron chi connectivity index (χ2n) is 5.27. The maximum atomic E-state index is 6.05. The van der Waals surface area contributed by atoms with Crippen molar-refractivity contribution in [3.63, 3.8) is 0 Å². The Hall–Kier alpha value is -2.51. The lowest BCUT2D eigenvalue weighted by Gasteiger charge is -2.12. The molecule has 27 heavy (non-hydrogen) atoms. The van der Waals surface area contributed by atoms with Crippen LogP contribution in [-0.4, -0.2) is 38.2 Å². The Morgan fingerprint density at radius 2 is 1.85 bits per heavy atom. The van der Waals surface area contributed by atoms with E-state index in [4.69, 9.17) is 38.0 Å². The molecule has 0 aromatic heterocycles. The van der Waals surface area contributed by atoms with Gasteiger partial charge in [0.25, 0.3) is 0 Å². The van der Waals surface area contributed by atoms with E-state index in [2.05, 4.69) is 15.8 Å². The van der Waals surface area contributed by atoms with Gasteiger partial charge in [-0.1, -0.05) is 23.7 Å². The molecular weight excluding hydrogens is 386 g/mol. The van der Waals surface area contributed by atoms with Crippen LogP contribution >= 0.6 is 23.8 Å². The van der Waals surface area contributed by atoms with Gasteiger partial charge in [0, 0.05) is 6.54 Å². The van der Waals surface area contributed by atoms with Crippen LogP contribution < -0.4 is 25.0 Å². The van der Waals surface area contributed by atoms with Crippen LogP contribution in [0, 0.1) is 0 Å². The van der Waals surface area contributed by atoms with E-state index in [0.29, 0.717) is 40.6 Å². The van der Waals surface area contributed by atoms with E-state index in [1.807, 2.05) is 43.3 Å². The lowest BCUT2D eigenvalue weighted by molar-refractivity contribution is 0.211. The third-order valence-electron chi connectivity index (χ3n) is 3.34. The number of hydrogen-bond acceptors (Lipinski definition) is 5. The number of ether oxygens (including phenoxy) is 3. The molecule has 0 amide bonds. The van der Waals surface area contributed by atoms with Gasteiger partial charge in [-0.15, -0.1) is 0 Å². The predicted molar refractivity (Wildman–Crippen MR) is 112 cm³/mol. The lowest BCUT2D eigenvalue weighted by atomic mass is 10.2. The number of halogens is 1. The van der Waals surface area contributed by atoms with Crippen molar-refractivity contribution < 1.29 is 14.2 Å². The Balaban J connectivity index is 1.87. The Labute approximate surface area is 169 Å². The normalized spacial score (nSPS) is 10.5. The van der Waals surface area contributed by atoms with E-state index in [-0.39, 0.29) is 0 Å². The van der Waals surface area contributed by atoms with Crippen molar-refractivity contribution >= 4 is 35.1 Å². The number of para-hydroxylation sites is 1. The number of rotatable bonds is 9. The molecule has 144 valence electrons. The summed E-state index contributed by atoms with van der Waals surface area (Å²) in [6, 6.07) is 12.8. The summed E-state index contributed by atoms with van der Waals surface area (Å²) in [5.74, 6) is 1.85. The molecule has 0 aliphatic heterocycles. The highest BCUT2D eigenvalue weighted by atomic mass is 35.5. The smallest absolute Gasteiger partial charge is 0.186 e. The SMILES string of the molecule is CCNC(=S)N/N=C\c1ccc(OCCOc2ccccc2Cl)c(OC)c1. The number of benzene rings is 2. The molecular formula is C19H22ClN3O3S. The predicted octanol–water partition coefficient (Wildman–Crippen LogP) is 3.62. The quantitative estimate of drug-likeness (QED) is 0.286. The molecule has 8 heteroatoms. The maximum absolute atomic E-state index is 6.05. The highest BCUT2D eigenvalue weighted by Gasteiger charge is 2.06. The molecule has 2 N–H and O–H groups in total. The fourth-order valence-electron chi connectivity index (χ4n) is 2.11. The van der Waals surface area contributed by atoms with Gasteiger partial charge in [0.1, 0.15) is 19.0 Å².